The van der Waals surface area contributed by atoms with Crippen molar-refractivity contribution < 1.29 is 23.1 Å². The quantitative estimate of drug-likeness (QED) is 0.494. The Balaban J connectivity index is 2.02. The second kappa shape index (κ2) is 11.0. The van der Waals surface area contributed by atoms with Crippen LogP contribution in [0.3, 0.4) is 0 Å². The van der Waals surface area contributed by atoms with Crippen LogP contribution in [0.2, 0.25) is 0 Å². The normalized spacial score (nSPS) is 11.1. The summed E-state index contributed by atoms with van der Waals surface area (Å²) in [6, 6.07) is 22.7. The van der Waals surface area contributed by atoms with Crippen molar-refractivity contribution >= 4 is 21.6 Å². The van der Waals surface area contributed by atoms with Gasteiger partial charge < -0.3 is 14.7 Å². The minimum atomic E-state index is -4.09. The number of hydrogen-bond donors (Lipinski definition) is 1. The molecule has 0 aliphatic carbocycles. The van der Waals surface area contributed by atoms with E-state index in [1.807, 2.05) is 30.3 Å². The highest BCUT2D eigenvalue weighted by Crippen LogP contribution is 2.33. The molecule has 3 rings (SSSR count). The summed E-state index contributed by atoms with van der Waals surface area (Å²) in [5, 5.41) is 9.53. The molecule has 0 bridgehead atoms. The number of sulfonamides is 1. The van der Waals surface area contributed by atoms with Gasteiger partial charge in [0.2, 0.25) is 5.91 Å². The first kappa shape index (κ1) is 24.3. The van der Waals surface area contributed by atoms with Gasteiger partial charge in [-0.2, -0.15) is 0 Å². The summed E-state index contributed by atoms with van der Waals surface area (Å²) in [5.41, 5.74) is 1.71. The molecule has 0 unspecified atom stereocenters. The minimum Gasteiger partial charge on any atom is -0.495 e. The number of anilines is 1. The van der Waals surface area contributed by atoms with Crippen LogP contribution in [0.15, 0.2) is 83.8 Å². The maximum atomic E-state index is 13.7. The van der Waals surface area contributed by atoms with E-state index in [0.29, 0.717) is 11.3 Å². The Hall–Kier alpha value is -3.36. The molecule has 0 saturated carbocycles. The lowest BCUT2D eigenvalue weighted by molar-refractivity contribution is -0.130. The summed E-state index contributed by atoms with van der Waals surface area (Å²) >= 11 is 0. The van der Waals surface area contributed by atoms with E-state index in [1.54, 1.807) is 49.4 Å². The van der Waals surface area contributed by atoms with E-state index >= 15 is 0 Å². The molecule has 3 aromatic rings. The molecule has 174 valence electrons. The van der Waals surface area contributed by atoms with Gasteiger partial charge in [0.25, 0.3) is 10.0 Å². The highest BCUT2D eigenvalue weighted by atomic mass is 32.2. The molecule has 0 atom stereocenters. The molecule has 0 spiro atoms. The van der Waals surface area contributed by atoms with Gasteiger partial charge in [0.1, 0.15) is 12.3 Å². The minimum absolute atomic E-state index is 0.0813. The highest BCUT2D eigenvalue weighted by molar-refractivity contribution is 7.93. The van der Waals surface area contributed by atoms with Gasteiger partial charge >= 0.3 is 0 Å². The molecule has 3 aromatic carbocycles. The fourth-order valence-corrected chi connectivity index (χ4v) is 5.19. The topological polar surface area (TPSA) is 87.2 Å². The zero-order valence-electron chi connectivity index (χ0n) is 18.7. The Bertz CT molecular complexity index is 1180. The third kappa shape index (κ3) is 5.71. The molecule has 0 fully saturated rings. The van der Waals surface area contributed by atoms with E-state index in [-0.39, 0.29) is 30.3 Å². The van der Waals surface area contributed by atoms with Crippen molar-refractivity contribution in [1.82, 2.24) is 4.90 Å². The number of methoxy groups -OCH3 is 1. The van der Waals surface area contributed by atoms with E-state index < -0.39 is 22.5 Å². The summed E-state index contributed by atoms with van der Waals surface area (Å²) < 4.78 is 34.0. The Morgan fingerprint density at radius 3 is 2.24 bits per heavy atom. The molecule has 0 radical (unpaired) electrons. The van der Waals surface area contributed by atoms with Crippen molar-refractivity contribution in [3.8, 4) is 5.75 Å². The van der Waals surface area contributed by atoms with Crippen molar-refractivity contribution in [2.45, 2.75) is 18.4 Å². The second-order valence-electron chi connectivity index (χ2n) is 7.47. The molecule has 8 heteroatoms. The molecule has 33 heavy (non-hydrogen) atoms. The Morgan fingerprint density at radius 2 is 1.58 bits per heavy atom. The van der Waals surface area contributed by atoms with Crippen LogP contribution in [0.25, 0.3) is 0 Å². The molecular formula is C25H28N2O5S. The number of benzene rings is 3. The first-order chi connectivity index (χ1) is 15.9. The van der Waals surface area contributed by atoms with Crippen molar-refractivity contribution in [1.29, 1.82) is 0 Å². The van der Waals surface area contributed by atoms with Crippen molar-refractivity contribution in [3.05, 3.63) is 90.0 Å². The van der Waals surface area contributed by atoms with E-state index in [2.05, 4.69) is 0 Å². The predicted octanol–water partition coefficient (Wildman–Crippen LogP) is 3.22. The fraction of sp³-hybridized carbons (Fsp3) is 0.240. The molecular weight excluding hydrogens is 440 g/mol. The van der Waals surface area contributed by atoms with Crippen molar-refractivity contribution in [2.24, 2.45) is 0 Å². The first-order valence-electron chi connectivity index (χ1n) is 10.5. The Morgan fingerprint density at radius 1 is 0.939 bits per heavy atom. The van der Waals surface area contributed by atoms with Gasteiger partial charge in [0, 0.05) is 13.1 Å². The summed E-state index contributed by atoms with van der Waals surface area (Å²) in [6.45, 7) is 1.37. The number of carbonyl (C=O) groups is 1. The lowest BCUT2D eigenvalue weighted by Gasteiger charge is -2.29. The van der Waals surface area contributed by atoms with Gasteiger partial charge in [-0.1, -0.05) is 60.7 Å². The van der Waals surface area contributed by atoms with Crippen LogP contribution in [0.1, 0.15) is 11.1 Å². The number of para-hydroxylation sites is 2. The lowest BCUT2D eigenvalue weighted by atomic mass is 10.2. The zero-order valence-corrected chi connectivity index (χ0v) is 19.5. The predicted molar refractivity (Wildman–Crippen MR) is 128 cm³/mol. The Labute approximate surface area is 194 Å². The number of amides is 1. The molecule has 0 heterocycles. The number of aliphatic hydroxyl groups excluding tert-OH is 1. The molecule has 0 aliphatic heterocycles. The fourth-order valence-electron chi connectivity index (χ4n) is 3.54. The van der Waals surface area contributed by atoms with Gasteiger partial charge in [-0.3, -0.25) is 9.10 Å². The van der Waals surface area contributed by atoms with Gasteiger partial charge in [-0.05, 0) is 36.2 Å². The van der Waals surface area contributed by atoms with Crippen molar-refractivity contribution in [2.75, 3.05) is 31.1 Å². The van der Waals surface area contributed by atoms with Crippen molar-refractivity contribution in [3.63, 3.8) is 0 Å². The molecule has 7 nitrogen and oxygen atoms in total. The average molecular weight is 469 g/mol. The third-order valence-corrected chi connectivity index (χ3v) is 7.15. The van der Waals surface area contributed by atoms with Gasteiger partial charge in [-0.15, -0.1) is 0 Å². The first-order valence-corrected chi connectivity index (χ1v) is 12.0. The maximum Gasteiger partial charge on any atom is 0.265 e. The molecule has 0 aliphatic rings. The molecule has 1 N–H and O–H groups in total. The number of nitrogens with zero attached hydrogens (tertiary/aromatic N) is 2. The van der Waals surface area contributed by atoms with Crippen LogP contribution >= 0.6 is 0 Å². The third-order valence-electron chi connectivity index (χ3n) is 5.23. The zero-order chi connectivity index (χ0) is 23.8. The highest BCUT2D eigenvalue weighted by Gasteiger charge is 2.31. The van der Waals surface area contributed by atoms with Crippen LogP contribution in [0, 0.1) is 6.92 Å². The van der Waals surface area contributed by atoms with Crippen LogP contribution in [-0.4, -0.2) is 51.1 Å². The molecule has 1 amide bonds. The van der Waals surface area contributed by atoms with Gasteiger partial charge in [-0.25, -0.2) is 8.42 Å². The Kier molecular flexibility index (Phi) is 8.08. The largest absolute Gasteiger partial charge is 0.495 e. The summed E-state index contributed by atoms with van der Waals surface area (Å²) in [5.74, 6) is -0.102. The number of carbonyl (C=O) groups excluding carboxylic acids is 1. The van der Waals surface area contributed by atoms with Crippen LogP contribution in [0.4, 0.5) is 5.69 Å². The van der Waals surface area contributed by atoms with Gasteiger partial charge in [0.15, 0.2) is 0 Å². The van der Waals surface area contributed by atoms with Gasteiger partial charge in [0.05, 0.1) is 24.3 Å². The summed E-state index contributed by atoms with van der Waals surface area (Å²) in [4.78, 5) is 14.9. The standard InChI is InChI=1S/C25H28N2O5S/c1-20-10-6-9-15-24(20)33(30,31)27(22-13-7-8-14-23(22)32-2)19-25(29)26(16-17-28)18-21-11-4-3-5-12-21/h3-15,28H,16-19H2,1-2H3. The smallest absolute Gasteiger partial charge is 0.265 e. The number of aryl methyl sites for hydroxylation is 1. The summed E-state index contributed by atoms with van der Waals surface area (Å²) in [6.07, 6.45) is 0. The number of aliphatic hydroxyl groups is 1. The number of rotatable bonds is 10. The second-order valence-corrected chi connectivity index (χ2v) is 9.30. The van der Waals surface area contributed by atoms with E-state index in [1.165, 1.54) is 18.1 Å². The maximum absolute atomic E-state index is 13.7. The van der Waals surface area contributed by atoms with E-state index in [0.717, 1.165) is 9.87 Å². The number of ether oxygens (including phenoxy) is 1. The molecule has 0 aromatic heterocycles. The van der Waals surface area contributed by atoms with Crippen LogP contribution in [-0.2, 0) is 21.4 Å². The molecule has 0 saturated heterocycles. The summed E-state index contributed by atoms with van der Waals surface area (Å²) in [7, 11) is -2.64. The van der Waals surface area contributed by atoms with E-state index in [9.17, 15) is 18.3 Å². The monoisotopic (exact) mass is 468 g/mol. The van der Waals surface area contributed by atoms with Crippen LogP contribution in [0.5, 0.6) is 5.75 Å². The number of hydrogen-bond acceptors (Lipinski definition) is 5. The average Bonchev–Trinajstić information content (AvgIpc) is 2.83. The van der Waals surface area contributed by atoms with E-state index in [4.69, 9.17) is 4.74 Å². The van der Waals surface area contributed by atoms with Crippen LogP contribution < -0.4 is 9.04 Å². The SMILES string of the molecule is COc1ccccc1N(CC(=O)N(CCO)Cc1ccccc1)S(=O)(=O)c1ccccc1C. The lowest BCUT2D eigenvalue weighted by Crippen LogP contribution is -2.44.